The van der Waals surface area contributed by atoms with Crippen molar-refractivity contribution < 1.29 is 0 Å². The molecule has 21 heavy (non-hydrogen) atoms. The molecule has 4 heteroatoms. The normalized spacial score (nSPS) is 12.6. The maximum Gasteiger partial charge on any atom is 0.151 e. The number of hydrogen-bond donors (Lipinski definition) is 2. The van der Waals surface area contributed by atoms with Crippen LogP contribution in [-0.2, 0) is 13.0 Å². The van der Waals surface area contributed by atoms with Crippen molar-refractivity contribution in [3.05, 3.63) is 52.1 Å². The van der Waals surface area contributed by atoms with Crippen LogP contribution in [0, 0.1) is 6.92 Å². The largest absolute Gasteiger partial charge is 0.344 e. The van der Waals surface area contributed by atoms with E-state index >= 15 is 0 Å². The van der Waals surface area contributed by atoms with Crippen LogP contribution in [0.1, 0.15) is 55.4 Å². The third kappa shape index (κ3) is 4.58. The Balaban J connectivity index is 1.93. The van der Waals surface area contributed by atoms with Gasteiger partial charge in [-0.2, -0.15) is 0 Å². The average molecular weight is 306 g/mol. The summed E-state index contributed by atoms with van der Waals surface area (Å²) in [4.78, 5) is 7.71. The molecular weight excluding hydrogens is 282 g/mol. The van der Waals surface area contributed by atoms with Crippen molar-refractivity contribution >= 4 is 11.6 Å². The summed E-state index contributed by atoms with van der Waals surface area (Å²) in [6, 6.07) is 8.88. The van der Waals surface area contributed by atoms with E-state index in [-0.39, 0.29) is 6.04 Å². The molecule has 0 saturated carbocycles. The highest BCUT2D eigenvalue weighted by Crippen LogP contribution is 2.17. The Morgan fingerprint density at radius 3 is 2.67 bits per heavy atom. The summed E-state index contributed by atoms with van der Waals surface area (Å²) in [6.07, 6.45) is 3.26. The Labute approximate surface area is 132 Å². The summed E-state index contributed by atoms with van der Waals surface area (Å²) in [5, 5.41) is 4.08. The highest BCUT2D eigenvalue weighted by Gasteiger charge is 2.10. The minimum Gasteiger partial charge on any atom is -0.344 e. The quantitative estimate of drug-likeness (QED) is 0.787. The number of aromatic amines is 1. The predicted octanol–water partition coefficient (Wildman–Crippen LogP) is 4.56. The van der Waals surface area contributed by atoms with Crippen LogP contribution in [0.15, 0.2) is 24.3 Å². The molecular formula is C17H24ClN3. The second-order valence-electron chi connectivity index (χ2n) is 5.57. The van der Waals surface area contributed by atoms with Gasteiger partial charge in [0, 0.05) is 19.0 Å². The lowest BCUT2D eigenvalue weighted by atomic mass is 10.1. The number of rotatable bonds is 7. The minimum absolute atomic E-state index is 0.282. The molecule has 0 aliphatic heterocycles. The smallest absolute Gasteiger partial charge is 0.151 e. The Bertz CT molecular complexity index is 560. The zero-order chi connectivity index (χ0) is 15.2. The van der Waals surface area contributed by atoms with Crippen molar-refractivity contribution in [1.29, 1.82) is 0 Å². The Morgan fingerprint density at radius 2 is 2.00 bits per heavy atom. The van der Waals surface area contributed by atoms with Crippen molar-refractivity contribution in [1.82, 2.24) is 15.3 Å². The lowest BCUT2D eigenvalue weighted by Gasteiger charge is -2.14. The summed E-state index contributed by atoms with van der Waals surface area (Å²) < 4.78 is 0. The van der Waals surface area contributed by atoms with Gasteiger partial charge in [-0.05, 0) is 25.8 Å². The van der Waals surface area contributed by atoms with E-state index in [2.05, 4.69) is 60.3 Å². The molecule has 0 aliphatic carbocycles. The third-order valence-corrected chi connectivity index (χ3v) is 4.02. The monoisotopic (exact) mass is 305 g/mol. The number of nitrogens with one attached hydrogen (secondary N) is 2. The molecule has 114 valence electrons. The van der Waals surface area contributed by atoms with Gasteiger partial charge in [0.1, 0.15) is 5.82 Å². The van der Waals surface area contributed by atoms with Crippen molar-refractivity contribution in [3.63, 3.8) is 0 Å². The first-order chi connectivity index (χ1) is 10.1. The SMILES string of the molecule is CCCCc1nc(Cl)c(CN[C@@H](C)c2ccc(C)cc2)[nH]1. The molecule has 0 aliphatic rings. The standard InChI is InChI=1S/C17H24ClN3/c1-4-5-6-16-20-15(17(18)21-16)11-19-13(3)14-9-7-12(2)8-10-14/h7-10,13,19H,4-6,11H2,1-3H3,(H,20,21)/t13-/m0/s1. The maximum atomic E-state index is 6.19. The second kappa shape index (κ2) is 7.62. The van der Waals surface area contributed by atoms with Crippen molar-refractivity contribution in [2.24, 2.45) is 0 Å². The van der Waals surface area contributed by atoms with Crippen LogP contribution in [0.4, 0.5) is 0 Å². The zero-order valence-electron chi connectivity index (χ0n) is 13.0. The predicted molar refractivity (Wildman–Crippen MR) is 88.6 cm³/mol. The van der Waals surface area contributed by atoms with Gasteiger partial charge in [0.2, 0.25) is 0 Å². The molecule has 2 N–H and O–H groups in total. The van der Waals surface area contributed by atoms with Gasteiger partial charge in [-0.1, -0.05) is 54.8 Å². The second-order valence-corrected chi connectivity index (χ2v) is 5.93. The van der Waals surface area contributed by atoms with Gasteiger partial charge in [0.15, 0.2) is 5.15 Å². The molecule has 0 amide bonds. The van der Waals surface area contributed by atoms with Gasteiger partial charge in [0.25, 0.3) is 0 Å². The van der Waals surface area contributed by atoms with Gasteiger partial charge in [0.05, 0.1) is 5.69 Å². The Kier molecular flexibility index (Phi) is 5.83. The van der Waals surface area contributed by atoms with E-state index in [9.17, 15) is 0 Å². The number of nitrogens with zero attached hydrogens (tertiary/aromatic N) is 1. The fourth-order valence-electron chi connectivity index (χ4n) is 2.25. The highest BCUT2D eigenvalue weighted by molar-refractivity contribution is 6.30. The number of halogens is 1. The molecule has 1 aromatic carbocycles. The first-order valence-electron chi connectivity index (χ1n) is 7.63. The van der Waals surface area contributed by atoms with E-state index in [1.165, 1.54) is 11.1 Å². The van der Waals surface area contributed by atoms with Crippen LogP contribution in [0.2, 0.25) is 5.15 Å². The molecule has 1 heterocycles. The maximum absolute atomic E-state index is 6.19. The van der Waals surface area contributed by atoms with Crippen LogP contribution in [0.3, 0.4) is 0 Å². The van der Waals surface area contributed by atoms with E-state index in [1.54, 1.807) is 0 Å². The molecule has 0 spiro atoms. The number of aryl methyl sites for hydroxylation is 2. The number of aromatic nitrogens is 2. The van der Waals surface area contributed by atoms with Gasteiger partial charge in [-0.25, -0.2) is 4.98 Å². The molecule has 3 nitrogen and oxygen atoms in total. The summed E-state index contributed by atoms with van der Waals surface area (Å²) >= 11 is 6.19. The molecule has 2 rings (SSSR count). The number of hydrogen-bond acceptors (Lipinski definition) is 2. The summed E-state index contributed by atoms with van der Waals surface area (Å²) in [5.74, 6) is 0.988. The number of H-pyrrole nitrogens is 1. The molecule has 1 aromatic heterocycles. The van der Waals surface area contributed by atoms with Crippen LogP contribution >= 0.6 is 11.6 Å². The van der Waals surface area contributed by atoms with Crippen molar-refractivity contribution in [3.8, 4) is 0 Å². The molecule has 0 fully saturated rings. The minimum atomic E-state index is 0.282. The summed E-state index contributed by atoms with van der Waals surface area (Å²) in [5.41, 5.74) is 3.53. The van der Waals surface area contributed by atoms with Gasteiger partial charge in [-0.15, -0.1) is 0 Å². The average Bonchev–Trinajstić information content (AvgIpc) is 2.83. The number of benzene rings is 1. The summed E-state index contributed by atoms with van der Waals surface area (Å²) in [7, 11) is 0. The number of unbranched alkanes of at least 4 members (excludes halogenated alkanes) is 1. The fraction of sp³-hybridized carbons (Fsp3) is 0.471. The highest BCUT2D eigenvalue weighted by atomic mass is 35.5. The van der Waals surface area contributed by atoms with Crippen molar-refractivity contribution in [2.45, 2.75) is 52.6 Å². The lowest BCUT2D eigenvalue weighted by Crippen LogP contribution is -2.18. The van der Waals surface area contributed by atoms with Crippen LogP contribution in [0.25, 0.3) is 0 Å². The van der Waals surface area contributed by atoms with Gasteiger partial charge >= 0.3 is 0 Å². The third-order valence-electron chi connectivity index (χ3n) is 3.71. The Hall–Kier alpha value is -1.32. The molecule has 0 radical (unpaired) electrons. The molecule has 2 aromatic rings. The van der Waals surface area contributed by atoms with Crippen LogP contribution in [0.5, 0.6) is 0 Å². The zero-order valence-corrected chi connectivity index (χ0v) is 13.8. The van der Waals surface area contributed by atoms with E-state index in [0.717, 1.165) is 30.8 Å². The first-order valence-corrected chi connectivity index (χ1v) is 8.01. The molecule has 0 bridgehead atoms. The Morgan fingerprint density at radius 1 is 1.29 bits per heavy atom. The van der Waals surface area contributed by atoms with Crippen LogP contribution in [-0.4, -0.2) is 9.97 Å². The summed E-state index contributed by atoms with van der Waals surface area (Å²) in [6.45, 7) is 7.14. The molecule has 0 saturated heterocycles. The van der Waals surface area contributed by atoms with Gasteiger partial charge < -0.3 is 10.3 Å². The molecule has 1 atom stereocenters. The van der Waals surface area contributed by atoms with Gasteiger partial charge in [-0.3, -0.25) is 0 Å². The van der Waals surface area contributed by atoms with Crippen molar-refractivity contribution in [2.75, 3.05) is 0 Å². The topological polar surface area (TPSA) is 40.7 Å². The van der Waals surface area contributed by atoms with E-state index in [4.69, 9.17) is 11.6 Å². The van der Waals surface area contributed by atoms with E-state index in [0.29, 0.717) is 11.7 Å². The molecule has 0 unspecified atom stereocenters. The van der Waals surface area contributed by atoms with E-state index in [1.807, 2.05) is 0 Å². The number of imidazole rings is 1. The first kappa shape index (κ1) is 16.1. The van der Waals surface area contributed by atoms with Crippen LogP contribution < -0.4 is 5.32 Å². The van der Waals surface area contributed by atoms with E-state index < -0.39 is 0 Å². The fourth-order valence-corrected chi connectivity index (χ4v) is 2.46. The lowest BCUT2D eigenvalue weighted by molar-refractivity contribution is 0.568.